The van der Waals surface area contributed by atoms with Gasteiger partial charge in [-0.25, -0.2) is 4.98 Å². The molecule has 2 heterocycles. The summed E-state index contributed by atoms with van der Waals surface area (Å²) in [4.78, 5) is 91.4. The topological polar surface area (TPSA) is 180 Å². The minimum atomic E-state index is -0.994. The van der Waals surface area contributed by atoms with Gasteiger partial charge in [-0.05, 0) is 68.1 Å². The predicted octanol–water partition coefficient (Wildman–Crippen LogP) is 2.45. The number of likely N-dealkylation sites (tertiary alicyclic amines) is 1. The smallest absolute Gasteiger partial charge is 0.289 e. The SMILES string of the molecule is CCCC(NC(=O)C1[C@H]2CCC[C@H]2CN1C(=O)[C@@H](NC(=O)[C@H](NC(=O)c1cnccn1)C1CCCCC1)C(C)(C)C)C(=O)C(=O)NC1CC1. The molecule has 0 radical (unpaired) electrons. The highest BCUT2D eigenvalue weighted by Crippen LogP contribution is 2.43. The van der Waals surface area contributed by atoms with Gasteiger partial charge in [-0.15, -0.1) is 0 Å². The first-order valence-corrected chi connectivity index (χ1v) is 18.2. The Bertz CT molecular complexity index is 1390. The van der Waals surface area contributed by atoms with E-state index in [9.17, 15) is 28.8 Å². The van der Waals surface area contributed by atoms with E-state index in [1.807, 2.05) is 27.7 Å². The van der Waals surface area contributed by atoms with Crippen LogP contribution in [0.1, 0.15) is 115 Å². The summed E-state index contributed by atoms with van der Waals surface area (Å²) < 4.78 is 0. The first-order valence-electron chi connectivity index (χ1n) is 18.2. The number of fused-ring (bicyclic) bond motifs is 1. The molecular formula is C36H53N7O6. The van der Waals surface area contributed by atoms with E-state index in [0.717, 1.165) is 64.2 Å². The molecule has 1 aromatic heterocycles. The van der Waals surface area contributed by atoms with Crippen molar-refractivity contribution >= 4 is 35.3 Å². The van der Waals surface area contributed by atoms with Crippen molar-refractivity contribution in [3.8, 4) is 0 Å². The van der Waals surface area contributed by atoms with Crippen LogP contribution in [0.5, 0.6) is 0 Å². The summed E-state index contributed by atoms with van der Waals surface area (Å²) in [6, 6.07) is -3.68. The Hall–Kier alpha value is -3.90. The Balaban J connectivity index is 1.36. The minimum Gasteiger partial charge on any atom is -0.347 e. The predicted molar refractivity (Wildman–Crippen MR) is 181 cm³/mol. The molecule has 13 heteroatoms. The number of aromatic nitrogens is 2. The Labute approximate surface area is 288 Å². The summed E-state index contributed by atoms with van der Waals surface area (Å²) in [6.45, 7) is 7.85. The van der Waals surface area contributed by atoms with Crippen molar-refractivity contribution in [3.63, 3.8) is 0 Å². The van der Waals surface area contributed by atoms with Crippen LogP contribution < -0.4 is 21.3 Å². The van der Waals surface area contributed by atoms with E-state index < -0.39 is 59.0 Å². The van der Waals surface area contributed by atoms with Gasteiger partial charge in [0, 0.05) is 25.0 Å². The van der Waals surface area contributed by atoms with E-state index in [2.05, 4.69) is 31.2 Å². The number of nitrogens with one attached hydrogen (secondary N) is 4. The molecule has 3 saturated carbocycles. The molecule has 4 aliphatic rings. The van der Waals surface area contributed by atoms with Crippen LogP contribution >= 0.6 is 0 Å². The van der Waals surface area contributed by atoms with Gasteiger partial charge in [0.15, 0.2) is 0 Å². The molecule has 1 aliphatic heterocycles. The Kier molecular flexibility index (Phi) is 11.7. The fourth-order valence-corrected chi connectivity index (χ4v) is 7.87. The normalized spacial score (nSPS) is 24.2. The summed E-state index contributed by atoms with van der Waals surface area (Å²) in [5, 5.41) is 11.5. The molecular weight excluding hydrogens is 626 g/mol. The maximum absolute atomic E-state index is 14.6. The monoisotopic (exact) mass is 679 g/mol. The average Bonchev–Trinajstić information content (AvgIpc) is 3.65. The van der Waals surface area contributed by atoms with E-state index in [1.54, 1.807) is 4.90 Å². The van der Waals surface area contributed by atoms with Gasteiger partial charge < -0.3 is 26.2 Å². The van der Waals surface area contributed by atoms with Crippen molar-refractivity contribution in [2.45, 2.75) is 135 Å². The van der Waals surface area contributed by atoms with Gasteiger partial charge in [0.1, 0.15) is 23.8 Å². The zero-order valence-corrected chi connectivity index (χ0v) is 29.3. The van der Waals surface area contributed by atoms with Crippen LogP contribution in [0.2, 0.25) is 0 Å². The Morgan fingerprint density at radius 1 is 0.898 bits per heavy atom. The molecule has 5 amide bonds. The molecule has 3 aliphatic carbocycles. The maximum atomic E-state index is 14.6. The molecule has 0 bridgehead atoms. The summed E-state index contributed by atoms with van der Waals surface area (Å²) in [6.07, 6.45) is 13.9. The van der Waals surface area contributed by atoms with Crippen molar-refractivity contribution in [1.29, 1.82) is 0 Å². The summed E-state index contributed by atoms with van der Waals surface area (Å²) >= 11 is 0. The highest BCUT2D eigenvalue weighted by Gasteiger charge is 2.52. The largest absolute Gasteiger partial charge is 0.347 e. The summed E-state index contributed by atoms with van der Waals surface area (Å²) in [5.74, 6) is -3.20. The van der Waals surface area contributed by atoms with Crippen molar-refractivity contribution in [2.24, 2.45) is 23.2 Å². The first-order chi connectivity index (χ1) is 23.4. The van der Waals surface area contributed by atoms with Gasteiger partial charge in [0.2, 0.25) is 23.5 Å². The number of Topliss-reactive ketones (excluding diaryl/α,β-unsaturated/α-hetero) is 1. The molecule has 4 fully saturated rings. The lowest BCUT2D eigenvalue weighted by Crippen LogP contribution is -2.62. The van der Waals surface area contributed by atoms with E-state index in [0.29, 0.717) is 19.4 Å². The van der Waals surface area contributed by atoms with Crippen LogP contribution in [-0.4, -0.2) is 86.9 Å². The van der Waals surface area contributed by atoms with E-state index in [4.69, 9.17) is 0 Å². The highest BCUT2D eigenvalue weighted by atomic mass is 16.2. The standard InChI is InChI=1S/C36H53N7O6/c1-5-10-25(29(44)34(48)39-23-15-16-23)40-33(47)28-24-14-9-13-22(24)20-43(28)35(49)30(36(2,3)4)42-32(46)27(21-11-7-6-8-12-21)41-31(45)26-19-37-17-18-38-26/h17-19,21-25,27-28,30H,5-16,20H2,1-4H3,(H,39,48)(H,40,47)(H,41,45)(H,42,46)/t22-,24-,25?,27+,28?,30+/m0/s1. The molecule has 1 saturated heterocycles. The number of ketones is 1. The van der Waals surface area contributed by atoms with Gasteiger partial charge in [-0.3, -0.25) is 33.8 Å². The minimum absolute atomic E-state index is 0.0132. The van der Waals surface area contributed by atoms with Gasteiger partial charge in [0.05, 0.1) is 12.2 Å². The molecule has 13 nitrogen and oxygen atoms in total. The molecule has 2 unspecified atom stereocenters. The van der Waals surface area contributed by atoms with Crippen molar-refractivity contribution < 1.29 is 28.8 Å². The molecule has 5 rings (SSSR count). The molecule has 49 heavy (non-hydrogen) atoms. The van der Waals surface area contributed by atoms with E-state index >= 15 is 0 Å². The maximum Gasteiger partial charge on any atom is 0.289 e. The van der Waals surface area contributed by atoms with Crippen LogP contribution in [0.4, 0.5) is 0 Å². The highest BCUT2D eigenvalue weighted by molar-refractivity contribution is 6.38. The number of hydrogen-bond donors (Lipinski definition) is 4. The molecule has 268 valence electrons. The van der Waals surface area contributed by atoms with E-state index in [1.165, 1.54) is 18.6 Å². The van der Waals surface area contributed by atoms with Crippen LogP contribution in [0.25, 0.3) is 0 Å². The number of rotatable bonds is 13. The van der Waals surface area contributed by atoms with Gasteiger partial charge in [-0.1, -0.05) is 59.8 Å². The number of carbonyl (C=O) groups excluding carboxylic acids is 6. The van der Waals surface area contributed by atoms with Crippen molar-refractivity contribution in [1.82, 2.24) is 36.1 Å². The number of nitrogens with zero attached hydrogens (tertiary/aromatic N) is 3. The van der Waals surface area contributed by atoms with Crippen LogP contribution in [0.15, 0.2) is 18.6 Å². The third-order valence-corrected chi connectivity index (χ3v) is 10.7. The Morgan fingerprint density at radius 3 is 2.27 bits per heavy atom. The first kappa shape index (κ1) is 36.4. The number of amides is 5. The third kappa shape index (κ3) is 8.83. The number of carbonyl (C=O) groups is 6. The second kappa shape index (κ2) is 15.8. The summed E-state index contributed by atoms with van der Waals surface area (Å²) in [7, 11) is 0. The number of hydrogen-bond acceptors (Lipinski definition) is 8. The Morgan fingerprint density at radius 2 is 1.63 bits per heavy atom. The van der Waals surface area contributed by atoms with Crippen molar-refractivity contribution in [3.05, 3.63) is 24.3 Å². The zero-order chi connectivity index (χ0) is 35.3. The third-order valence-electron chi connectivity index (χ3n) is 10.7. The lowest BCUT2D eigenvalue weighted by atomic mass is 9.82. The van der Waals surface area contributed by atoms with E-state index in [-0.39, 0.29) is 35.4 Å². The van der Waals surface area contributed by atoms with Gasteiger partial charge in [0.25, 0.3) is 11.8 Å². The van der Waals surface area contributed by atoms with Gasteiger partial charge >= 0.3 is 0 Å². The van der Waals surface area contributed by atoms with Crippen molar-refractivity contribution in [2.75, 3.05) is 6.54 Å². The fourth-order valence-electron chi connectivity index (χ4n) is 7.87. The zero-order valence-electron chi connectivity index (χ0n) is 29.3. The van der Waals surface area contributed by atoms with Crippen LogP contribution in [0.3, 0.4) is 0 Å². The quantitative estimate of drug-likeness (QED) is 0.230. The second-order valence-electron chi connectivity index (χ2n) is 15.5. The molecule has 6 atom stereocenters. The lowest BCUT2D eigenvalue weighted by molar-refractivity contribution is -0.146. The van der Waals surface area contributed by atoms with Crippen LogP contribution in [0, 0.1) is 23.2 Å². The molecule has 4 N–H and O–H groups in total. The summed E-state index contributed by atoms with van der Waals surface area (Å²) in [5.41, 5.74) is -0.638. The van der Waals surface area contributed by atoms with Crippen LogP contribution in [-0.2, 0) is 24.0 Å². The lowest BCUT2D eigenvalue weighted by Gasteiger charge is -2.38. The second-order valence-corrected chi connectivity index (χ2v) is 15.5. The molecule has 1 aromatic rings. The molecule has 0 spiro atoms. The molecule has 0 aromatic carbocycles. The van der Waals surface area contributed by atoms with Gasteiger partial charge in [-0.2, -0.15) is 0 Å². The fraction of sp³-hybridized carbons (Fsp3) is 0.722. The average molecular weight is 680 g/mol.